The van der Waals surface area contributed by atoms with Crippen LogP contribution in [0.3, 0.4) is 0 Å². The molecular formula is C16H16BrFOS. The molecule has 106 valence electrons. The first kappa shape index (κ1) is 14.2. The highest BCUT2D eigenvalue weighted by Crippen LogP contribution is 2.35. The molecule has 2 aromatic rings. The minimum atomic E-state index is -0.552. The Morgan fingerprint density at radius 2 is 2.10 bits per heavy atom. The van der Waals surface area contributed by atoms with Crippen molar-refractivity contribution in [2.45, 2.75) is 38.2 Å². The van der Waals surface area contributed by atoms with Gasteiger partial charge in [-0.1, -0.05) is 12.1 Å². The third-order valence-electron chi connectivity index (χ3n) is 3.79. The summed E-state index contributed by atoms with van der Waals surface area (Å²) in [5, 5.41) is 10.4. The van der Waals surface area contributed by atoms with Crippen molar-refractivity contribution in [1.82, 2.24) is 0 Å². The number of benzene rings is 1. The lowest BCUT2D eigenvalue weighted by atomic mass is 9.98. The molecule has 0 bridgehead atoms. The molecule has 0 spiro atoms. The molecular weight excluding hydrogens is 339 g/mol. The summed E-state index contributed by atoms with van der Waals surface area (Å²) in [6, 6.07) is 7.09. The molecule has 1 aromatic heterocycles. The first-order chi connectivity index (χ1) is 9.65. The van der Waals surface area contributed by atoms with Crippen molar-refractivity contribution >= 4 is 27.3 Å². The first-order valence-electron chi connectivity index (χ1n) is 6.87. The lowest BCUT2D eigenvalue weighted by Gasteiger charge is -2.10. The zero-order chi connectivity index (χ0) is 14.1. The Labute approximate surface area is 130 Å². The topological polar surface area (TPSA) is 20.2 Å². The number of aryl methyl sites for hydroxylation is 2. The van der Waals surface area contributed by atoms with Crippen molar-refractivity contribution < 1.29 is 9.50 Å². The molecule has 0 radical (unpaired) electrons. The summed E-state index contributed by atoms with van der Waals surface area (Å²) in [5.74, 6) is -0.278. The lowest BCUT2D eigenvalue weighted by molar-refractivity contribution is 0.182. The number of rotatable bonds is 3. The van der Waals surface area contributed by atoms with E-state index in [9.17, 15) is 9.50 Å². The monoisotopic (exact) mass is 354 g/mol. The van der Waals surface area contributed by atoms with Crippen LogP contribution >= 0.6 is 27.3 Å². The maximum absolute atomic E-state index is 13.5. The normalized spacial score (nSPS) is 15.9. The van der Waals surface area contributed by atoms with Gasteiger partial charge in [-0.05, 0) is 64.9 Å². The molecule has 1 aliphatic carbocycles. The molecule has 20 heavy (non-hydrogen) atoms. The maximum atomic E-state index is 13.5. The van der Waals surface area contributed by atoms with Crippen LogP contribution in [0.15, 0.2) is 28.7 Å². The van der Waals surface area contributed by atoms with E-state index in [2.05, 4.69) is 22.0 Å². The Hall–Kier alpha value is -0.710. The van der Waals surface area contributed by atoms with Gasteiger partial charge in [0.15, 0.2) is 0 Å². The van der Waals surface area contributed by atoms with Gasteiger partial charge in [-0.25, -0.2) is 4.39 Å². The summed E-state index contributed by atoms with van der Waals surface area (Å²) >= 11 is 4.97. The molecule has 1 aromatic carbocycles. The highest BCUT2D eigenvalue weighted by molar-refractivity contribution is 9.10. The summed E-state index contributed by atoms with van der Waals surface area (Å²) in [5.41, 5.74) is 2.21. The molecule has 0 saturated carbocycles. The van der Waals surface area contributed by atoms with Crippen LogP contribution in [0.5, 0.6) is 0 Å². The van der Waals surface area contributed by atoms with Gasteiger partial charge in [0.25, 0.3) is 0 Å². The minimum absolute atomic E-state index is 0.278. The maximum Gasteiger partial charge on any atom is 0.137 e. The third-order valence-corrected chi connectivity index (χ3v) is 6.02. The molecule has 3 rings (SSSR count). The number of aliphatic hydroxyl groups excluding tert-OH is 1. The van der Waals surface area contributed by atoms with Crippen LogP contribution in [0.1, 0.15) is 39.8 Å². The van der Waals surface area contributed by atoms with Crippen molar-refractivity contribution in [3.8, 4) is 0 Å². The second-order valence-electron chi connectivity index (χ2n) is 5.24. The van der Waals surface area contributed by atoms with Crippen molar-refractivity contribution in [3.05, 3.63) is 55.4 Å². The number of hydrogen-bond donors (Lipinski definition) is 1. The van der Waals surface area contributed by atoms with E-state index < -0.39 is 6.10 Å². The largest absolute Gasteiger partial charge is 0.387 e. The van der Waals surface area contributed by atoms with Crippen molar-refractivity contribution in [2.75, 3.05) is 0 Å². The van der Waals surface area contributed by atoms with E-state index in [4.69, 9.17) is 0 Å². The van der Waals surface area contributed by atoms with Gasteiger partial charge in [0.2, 0.25) is 0 Å². The van der Waals surface area contributed by atoms with Gasteiger partial charge >= 0.3 is 0 Å². The Kier molecular flexibility index (Phi) is 4.24. The second-order valence-corrected chi connectivity index (χ2v) is 7.20. The number of aliphatic hydroxyl groups is 1. The number of thiophene rings is 1. The average Bonchev–Trinajstić information content (AvgIpc) is 2.88. The summed E-state index contributed by atoms with van der Waals surface area (Å²) < 4.78 is 14.0. The predicted molar refractivity (Wildman–Crippen MR) is 83.7 cm³/mol. The Morgan fingerprint density at radius 1 is 1.30 bits per heavy atom. The van der Waals surface area contributed by atoms with E-state index in [-0.39, 0.29) is 5.82 Å². The van der Waals surface area contributed by atoms with Gasteiger partial charge in [-0.15, -0.1) is 11.3 Å². The molecule has 0 aliphatic heterocycles. The van der Waals surface area contributed by atoms with E-state index in [1.54, 1.807) is 17.4 Å². The van der Waals surface area contributed by atoms with Crippen molar-refractivity contribution in [2.24, 2.45) is 0 Å². The van der Waals surface area contributed by atoms with E-state index in [0.29, 0.717) is 10.9 Å². The zero-order valence-electron chi connectivity index (χ0n) is 11.0. The van der Waals surface area contributed by atoms with E-state index in [1.807, 2.05) is 6.07 Å². The SMILES string of the molecule is OC(Cc1cccc(F)c1Br)c1cc2c(s1)CCCC2. The summed E-state index contributed by atoms with van der Waals surface area (Å²) in [4.78, 5) is 2.43. The highest BCUT2D eigenvalue weighted by Gasteiger charge is 2.19. The Balaban J connectivity index is 1.80. The number of halogens is 2. The zero-order valence-corrected chi connectivity index (χ0v) is 13.4. The fourth-order valence-corrected chi connectivity index (χ4v) is 4.36. The van der Waals surface area contributed by atoms with Crippen LogP contribution in [0.4, 0.5) is 4.39 Å². The van der Waals surface area contributed by atoms with Crippen LogP contribution in [-0.2, 0) is 19.3 Å². The standard InChI is InChI=1S/C16H16BrFOS/c17-16-11(5-3-6-12(16)18)8-13(19)15-9-10-4-1-2-7-14(10)20-15/h3,5-6,9,13,19H,1-2,4,7-8H2. The fourth-order valence-electron chi connectivity index (χ4n) is 2.69. The number of hydrogen-bond acceptors (Lipinski definition) is 2. The second kappa shape index (κ2) is 5.96. The number of fused-ring (bicyclic) bond motifs is 1. The predicted octanol–water partition coefficient (Wildman–Crippen LogP) is 4.80. The summed E-state index contributed by atoms with van der Waals surface area (Å²) in [7, 11) is 0. The first-order valence-corrected chi connectivity index (χ1v) is 8.48. The fraction of sp³-hybridized carbons (Fsp3) is 0.375. The Bertz CT molecular complexity index is 599. The smallest absolute Gasteiger partial charge is 0.137 e. The van der Waals surface area contributed by atoms with E-state index >= 15 is 0 Å². The summed E-state index contributed by atoms with van der Waals surface area (Å²) in [6.07, 6.45) is 4.65. The molecule has 1 unspecified atom stereocenters. The van der Waals surface area contributed by atoms with Crippen LogP contribution < -0.4 is 0 Å². The Morgan fingerprint density at radius 3 is 2.90 bits per heavy atom. The van der Waals surface area contributed by atoms with Gasteiger partial charge in [-0.3, -0.25) is 0 Å². The van der Waals surface area contributed by atoms with Gasteiger partial charge in [0.1, 0.15) is 5.82 Å². The van der Waals surface area contributed by atoms with Crippen molar-refractivity contribution in [1.29, 1.82) is 0 Å². The van der Waals surface area contributed by atoms with Crippen molar-refractivity contribution in [3.63, 3.8) is 0 Å². The van der Waals surface area contributed by atoms with Crippen LogP contribution in [0.2, 0.25) is 0 Å². The van der Waals surface area contributed by atoms with Crippen LogP contribution in [0, 0.1) is 5.82 Å². The molecule has 0 saturated heterocycles. The van der Waals surface area contributed by atoms with Crippen LogP contribution in [-0.4, -0.2) is 5.11 Å². The molecule has 1 atom stereocenters. The molecule has 1 aliphatic rings. The molecule has 1 nitrogen and oxygen atoms in total. The molecule has 0 fully saturated rings. The third kappa shape index (κ3) is 2.83. The van der Waals surface area contributed by atoms with Gasteiger partial charge in [-0.2, -0.15) is 0 Å². The molecule has 4 heteroatoms. The van der Waals surface area contributed by atoms with Crippen LogP contribution in [0.25, 0.3) is 0 Å². The average molecular weight is 355 g/mol. The molecule has 1 N–H and O–H groups in total. The molecule has 0 amide bonds. The summed E-state index contributed by atoms with van der Waals surface area (Å²) in [6.45, 7) is 0. The van der Waals surface area contributed by atoms with Gasteiger partial charge < -0.3 is 5.11 Å². The van der Waals surface area contributed by atoms with E-state index in [1.165, 1.54) is 29.3 Å². The molecule has 1 heterocycles. The minimum Gasteiger partial charge on any atom is -0.387 e. The lowest BCUT2D eigenvalue weighted by Crippen LogP contribution is -2.01. The highest BCUT2D eigenvalue weighted by atomic mass is 79.9. The van der Waals surface area contributed by atoms with Gasteiger partial charge in [0.05, 0.1) is 10.6 Å². The van der Waals surface area contributed by atoms with Gasteiger partial charge in [0, 0.05) is 16.2 Å². The van der Waals surface area contributed by atoms with E-state index in [0.717, 1.165) is 23.3 Å². The quantitative estimate of drug-likeness (QED) is 0.838.